The maximum atomic E-state index is 6.78. The van der Waals surface area contributed by atoms with E-state index in [4.69, 9.17) is 17.7 Å². The van der Waals surface area contributed by atoms with E-state index in [1.54, 1.807) is 0 Å². The molecule has 3 aliphatic carbocycles. The average molecular weight is 433 g/mol. The predicted octanol–water partition coefficient (Wildman–Crippen LogP) is 6.69. The molecule has 5 heteroatoms. The zero-order valence-electron chi connectivity index (χ0n) is 18.6. The third-order valence-corrected chi connectivity index (χ3v) is 9.21. The van der Waals surface area contributed by atoms with Crippen LogP contribution in [0.25, 0.3) is 0 Å². The molecule has 30 heavy (non-hydrogen) atoms. The maximum Gasteiger partial charge on any atom is 0.680 e. The second kappa shape index (κ2) is 11.8. The minimum atomic E-state index is -3.24. The Balaban J connectivity index is 1.52. The molecule has 3 saturated carbocycles. The summed E-state index contributed by atoms with van der Waals surface area (Å²) in [6.45, 7) is 0.499. The lowest BCUT2D eigenvalue weighted by Gasteiger charge is -2.39. The van der Waals surface area contributed by atoms with Gasteiger partial charge in [-0.2, -0.15) is 0 Å². The highest BCUT2D eigenvalue weighted by molar-refractivity contribution is 6.53. The molecule has 0 N–H and O–H groups in total. The molecule has 1 aromatic carbocycles. The quantitative estimate of drug-likeness (QED) is 0.408. The van der Waals surface area contributed by atoms with Crippen molar-refractivity contribution in [1.82, 2.24) is 0 Å². The highest BCUT2D eigenvalue weighted by Gasteiger charge is 2.51. The highest BCUT2D eigenvalue weighted by Crippen LogP contribution is 2.33. The van der Waals surface area contributed by atoms with E-state index >= 15 is 0 Å². The van der Waals surface area contributed by atoms with E-state index in [0.29, 0.717) is 6.61 Å². The van der Waals surface area contributed by atoms with Gasteiger partial charge in [-0.1, -0.05) is 88.1 Å². The summed E-state index contributed by atoms with van der Waals surface area (Å²) in [5, 5.41) is 0. The van der Waals surface area contributed by atoms with Crippen molar-refractivity contribution in [2.75, 3.05) is 0 Å². The van der Waals surface area contributed by atoms with Crippen molar-refractivity contribution in [3.8, 4) is 0 Å². The topological polar surface area (TPSA) is 36.9 Å². The van der Waals surface area contributed by atoms with Gasteiger partial charge in [-0.05, 0) is 44.1 Å². The van der Waals surface area contributed by atoms with Gasteiger partial charge in [-0.15, -0.1) is 0 Å². The molecule has 0 heterocycles. The number of hydrogen-bond donors (Lipinski definition) is 0. The molecule has 0 bridgehead atoms. The van der Waals surface area contributed by atoms with E-state index in [-0.39, 0.29) is 18.3 Å². The average Bonchev–Trinajstić information content (AvgIpc) is 2.80. The molecule has 0 spiro atoms. The van der Waals surface area contributed by atoms with Gasteiger partial charge in [0, 0.05) is 0 Å². The van der Waals surface area contributed by atoms with Crippen LogP contribution in [0.4, 0.5) is 0 Å². The van der Waals surface area contributed by atoms with Crippen LogP contribution in [0.1, 0.15) is 102 Å². The van der Waals surface area contributed by atoms with Gasteiger partial charge in [0.15, 0.2) is 0 Å². The van der Waals surface area contributed by atoms with Crippen molar-refractivity contribution < 1.29 is 17.7 Å². The minimum absolute atomic E-state index is 0.216. The molecule has 4 rings (SSSR count). The second-order valence-electron chi connectivity index (χ2n) is 9.41. The summed E-state index contributed by atoms with van der Waals surface area (Å²) in [6, 6.07) is 10.4. The van der Waals surface area contributed by atoms with Gasteiger partial charge < -0.3 is 17.7 Å². The van der Waals surface area contributed by atoms with Crippen LogP contribution >= 0.6 is 0 Å². The number of benzene rings is 1. The zero-order valence-corrected chi connectivity index (χ0v) is 19.6. The van der Waals surface area contributed by atoms with Gasteiger partial charge in [0.1, 0.15) is 0 Å². The Kier molecular flexibility index (Phi) is 8.82. The third-order valence-electron chi connectivity index (χ3n) is 6.85. The molecule has 3 fully saturated rings. The molecule has 0 saturated heterocycles. The monoisotopic (exact) mass is 432 g/mol. The van der Waals surface area contributed by atoms with E-state index in [0.717, 1.165) is 44.1 Å². The van der Waals surface area contributed by atoms with Crippen LogP contribution in [-0.4, -0.2) is 27.4 Å². The van der Waals surface area contributed by atoms with Crippen molar-refractivity contribution in [3.63, 3.8) is 0 Å². The molecule has 0 aliphatic heterocycles. The molecule has 0 aromatic heterocycles. The van der Waals surface area contributed by atoms with Gasteiger partial charge in [-0.25, -0.2) is 0 Å². The van der Waals surface area contributed by atoms with Crippen LogP contribution in [0, 0.1) is 0 Å². The summed E-state index contributed by atoms with van der Waals surface area (Å²) in [4.78, 5) is 0. The molecule has 3 aliphatic rings. The molecular weight excluding hydrogens is 392 g/mol. The van der Waals surface area contributed by atoms with Crippen LogP contribution in [0.15, 0.2) is 30.3 Å². The molecule has 0 atom stereocenters. The standard InChI is InChI=1S/C25H40O4Si/c1-5-13-22(14-6-1)21-26-30(27-23-15-7-2-8-16-23,28-24-17-9-3-10-18-24)29-25-19-11-4-12-20-25/h1,5-6,13-14,23-25H,2-4,7-12,15-21H2. The fourth-order valence-electron chi connectivity index (χ4n) is 5.09. The first-order chi connectivity index (χ1) is 14.8. The summed E-state index contributed by atoms with van der Waals surface area (Å²) in [5.41, 5.74) is 1.15. The van der Waals surface area contributed by atoms with E-state index in [1.807, 2.05) is 6.07 Å². The van der Waals surface area contributed by atoms with Crippen molar-refractivity contribution >= 4 is 9.05 Å². The van der Waals surface area contributed by atoms with Crippen LogP contribution in [0.3, 0.4) is 0 Å². The maximum absolute atomic E-state index is 6.78. The summed E-state index contributed by atoms with van der Waals surface area (Å²) < 4.78 is 26.9. The summed E-state index contributed by atoms with van der Waals surface area (Å²) in [6.07, 6.45) is 18.6. The molecule has 1 aromatic rings. The summed E-state index contributed by atoms with van der Waals surface area (Å²) in [5.74, 6) is 0. The van der Waals surface area contributed by atoms with E-state index in [9.17, 15) is 0 Å². The fourth-order valence-corrected chi connectivity index (χ4v) is 7.74. The smallest absolute Gasteiger partial charge is 0.348 e. The van der Waals surface area contributed by atoms with Gasteiger partial charge in [0.2, 0.25) is 0 Å². The van der Waals surface area contributed by atoms with Gasteiger partial charge in [0.05, 0.1) is 24.9 Å². The van der Waals surface area contributed by atoms with Crippen molar-refractivity contribution in [1.29, 1.82) is 0 Å². The summed E-state index contributed by atoms with van der Waals surface area (Å²) in [7, 11) is -3.24. The van der Waals surface area contributed by atoms with Crippen molar-refractivity contribution in [3.05, 3.63) is 35.9 Å². The van der Waals surface area contributed by atoms with E-state index in [2.05, 4.69) is 24.3 Å². The zero-order chi connectivity index (χ0) is 20.5. The molecule has 168 valence electrons. The molecule has 4 nitrogen and oxygen atoms in total. The Hall–Kier alpha value is -0.723. The van der Waals surface area contributed by atoms with Crippen LogP contribution in [0.2, 0.25) is 0 Å². The first-order valence-corrected chi connectivity index (χ1v) is 14.2. The molecular formula is C25H40O4Si. The van der Waals surface area contributed by atoms with Gasteiger partial charge in [0.25, 0.3) is 0 Å². The lowest BCUT2D eigenvalue weighted by molar-refractivity contribution is -0.107. The van der Waals surface area contributed by atoms with Crippen LogP contribution in [-0.2, 0) is 24.3 Å². The van der Waals surface area contributed by atoms with Gasteiger partial charge >= 0.3 is 9.05 Å². The fraction of sp³-hybridized carbons (Fsp3) is 0.760. The summed E-state index contributed by atoms with van der Waals surface area (Å²) >= 11 is 0. The molecule has 0 radical (unpaired) electrons. The van der Waals surface area contributed by atoms with Crippen molar-refractivity contribution in [2.24, 2.45) is 0 Å². The number of rotatable bonds is 9. The Morgan fingerprint density at radius 1 is 0.567 bits per heavy atom. The lowest BCUT2D eigenvalue weighted by atomic mass is 9.98. The predicted molar refractivity (Wildman–Crippen MR) is 121 cm³/mol. The Morgan fingerprint density at radius 3 is 1.37 bits per heavy atom. The Labute approximate surface area is 184 Å². The highest BCUT2D eigenvalue weighted by atomic mass is 28.4. The molecule has 0 unspecified atom stereocenters. The Bertz CT molecular complexity index is 542. The van der Waals surface area contributed by atoms with Crippen LogP contribution < -0.4 is 0 Å². The third kappa shape index (κ3) is 6.89. The second-order valence-corrected chi connectivity index (χ2v) is 11.4. The lowest BCUT2D eigenvalue weighted by Crippen LogP contribution is -2.55. The molecule has 0 amide bonds. The van der Waals surface area contributed by atoms with Crippen molar-refractivity contribution in [2.45, 2.75) is 121 Å². The Morgan fingerprint density at radius 2 is 0.967 bits per heavy atom. The van der Waals surface area contributed by atoms with Gasteiger partial charge in [-0.3, -0.25) is 0 Å². The first-order valence-electron chi connectivity index (χ1n) is 12.5. The van der Waals surface area contributed by atoms with E-state index < -0.39 is 9.05 Å². The first kappa shape index (κ1) is 22.5. The normalized spacial score (nSPS) is 22.9. The van der Waals surface area contributed by atoms with Crippen LogP contribution in [0.5, 0.6) is 0 Å². The largest absolute Gasteiger partial charge is 0.680 e. The SMILES string of the molecule is c1ccc(CO[Si](OC2CCCCC2)(OC2CCCCC2)OC2CCCCC2)cc1. The number of hydrogen-bond acceptors (Lipinski definition) is 4. The van der Waals surface area contributed by atoms with E-state index in [1.165, 1.54) is 57.8 Å². The minimum Gasteiger partial charge on any atom is -0.348 e.